The maximum atomic E-state index is 13.9. The van der Waals surface area contributed by atoms with Crippen LogP contribution in [0.15, 0.2) is 48.5 Å². The van der Waals surface area contributed by atoms with Gasteiger partial charge in [-0.05, 0) is 36.6 Å². The van der Waals surface area contributed by atoms with E-state index in [2.05, 4.69) is 0 Å². The average Bonchev–Trinajstić information content (AvgIpc) is 3.22. The van der Waals surface area contributed by atoms with Crippen LogP contribution in [0.3, 0.4) is 0 Å². The summed E-state index contributed by atoms with van der Waals surface area (Å²) in [5.74, 6) is -0.439. The number of esters is 1. The first-order valence-corrected chi connectivity index (χ1v) is 9.84. The highest BCUT2D eigenvalue weighted by Gasteiger charge is 2.57. The third-order valence-corrected chi connectivity index (χ3v) is 6.64. The molecule has 0 N–H and O–H groups in total. The van der Waals surface area contributed by atoms with Gasteiger partial charge in [-0.1, -0.05) is 41.9 Å². The number of alkyl halides is 1. The Balaban J connectivity index is 1.45. The molecule has 1 atom stereocenters. The molecule has 2 aliphatic heterocycles. The van der Waals surface area contributed by atoms with E-state index in [0.29, 0.717) is 30.1 Å². The Morgan fingerprint density at radius 1 is 1.14 bits per heavy atom. The summed E-state index contributed by atoms with van der Waals surface area (Å²) in [4.78, 5) is 27.5. The molecule has 0 aromatic heterocycles. The summed E-state index contributed by atoms with van der Waals surface area (Å²) in [6.07, 6.45) is -0.0843. The quantitative estimate of drug-likeness (QED) is 0.717. The number of hydrogen-bond donors (Lipinski definition) is 0. The first-order valence-electron chi connectivity index (χ1n) is 9.46. The second-order valence-electron chi connectivity index (χ2n) is 8.00. The van der Waals surface area contributed by atoms with Gasteiger partial charge in [-0.2, -0.15) is 0 Å². The van der Waals surface area contributed by atoms with E-state index < -0.39 is 17.2 Å². The molecule has 3 aliphatic rings. The maximum Gasteiger partial charge on any atom is 0.339 e. The summed E-state index contributed by atoms with van der Waals surface area (Å²) >= 11 is 5.98. The van der Waals surface area contributed by atoms with Crippen LogP contribution in [0.25, 0.3) is 0 Å². The average molecular weight is 400 g/mol. The molecule has 144 valence electrons. The summed E-state index contributed by atoms with van der Waals surface area (Å²) < 4.78 is 19.6. The molecule has 1 unspecified atom stereocenters. The highest BCUT2D eigenvalue weighted by Crippen LogP contribution is 2.50. The van der Waals surface area contributed by atoms with Gasteiger partial charge >= 0.3 is 5.97 Å². The normalized spacial score (nSPS) is 30.9. The Labute approximate surface area is 167 Å². The molecule has 6 heteroatoms. The van der Waals surface area contributed by atoms with Crippen molar-refractivity contribution >= 4 is 23.5 Å². The molecule has 2 aromatic carbocycles. The van der Waals surface area contributed by atoms with Gasteiger partial charge in [-0.15, -0.1) is 0 Å². The number of fused-ring (bicyclic) bond motifs is 2. The third kappa shape index (κ3) is 2.42. The molecule has 1 aliphatic carbocycles. The number of carbonyl (C=O) groups excluding carboxylic acids is 2. The van der Waals surface area contributed by atoms with Gasteiger partial charge in [-0.3, -0.25) is 4.79 Å². The fourth-order valence-corrected chi connectivity index (χ4v) is 5.03. The van der Waals surface area contributed by atoms with Crippen molar-refractivity contribution in [1.82, 2.24) is 4.90 Å². The van der Waals surface area contributed by atoms with Crippen LogP contribution in [0, 0.1) is 0 Å². The number of hydrogen-bond acceptors (Lipinski definition) is 3. The van der Waals surface area contributed by atoms with Crippen molar-refractivity contribution < 1.29 is 18.7 Å². The molecule has 0 bridgehead atoms. The Morgan fingerprint density at radius 2 is 1.86 bits per heavy atom. The predicted octanol–water partition coefficient (Wildman–Crippen LogP) is 4.01. The van der Waals surface area contributed by atoms with Crippen LogP contribution in [0.5, 0.6) is 0 Å². The van der Waals surface area contributed by atoms with Crippen LogP contribution < -0.4 is 0 Å². The number of ether oxygens (including phenoxy) is 1. The van der Waals surface area contributed by atoms with E-state index in [9.17, 15) is 14.0 Å². The number of likely N-dealkylation sites (tertiary alicyclic amines) is 1. The fourth-order valence-electron chi connectivity index (χ4n) is 4.91. The third-order valence-electron chi connectivity index (χ3n) is 6.39. The van der Waals surface area contributed by atoms with E-state index in [1.54, 1.807) is 23.1 Å². The minimum atomic E-state index is -0.985. The summed E-state index contributed by atoms with van der Waals surface area (Å²) in [5, 5.41) is 0.581. The SMILES string of the molecule is O=C1OC2(CCN(C(=O)[C@]3(c4ccc(Cl)cc4)C[C@H](F)C3)C2)c2ccccc21. The molecule has 2 heterocycles. The largest absolute Gasteiger partial charge is 0.449 e. The van der Waals surface area contributed by atoms with Crippen molar-refractivity contribution in [3.63, 3.8) is 0 Å². The lowest BCUT2D eigenvalue weighted by Gasteiger charge is -2.45. The molecule has 4 nitrogen and oxygen atoms in total. The summed E-state index contributed by atoms with van der Waals surface area (Å²) in [6, 6.07) is 14.4. The maximum absolute atomic E-state index is 13.9. The summed E-state index contributed by atoms with van der Waals surface area (Å²) in [7, 11) is 0. The molecule has 1 saturated heterocycles. The van der Waals surface area contributed by atoms with Crippen LogP contribution in [0.2, 0.25) is 5.02 Å². The molecule has 1 saturated carbocycles. The lowest BCUT2D eigenvalue weighted by molar-refractivity contribution is -0.143. The number of halogens is 2. The van der Waals surface area contributed by atoms with Crippen molar-refractivity contribution in [1.29, 1.82) is 0 Å². The van der Waals surface area contributed by atoms with E-state index >= 15 is 0 Å². The highest BCUT2D eigenvalue weighted by atomic mass is 35.5. The van der Waals surface area contributed by atoms with E-state index in [1.165, 1.54) is 0 Å². The molecule has 28 heavy (non-hydrogen) atoms. The Morgan fingerprint density at radius 3 is 2.57 bits per heavy atom. The minimum absolute atomic E-state index is 0.0963. The molecular formula is C22H19ClFNO3. The van der Waals surface area contributed by atoms with Crippen LogP contribution >= 0.6 is 11.6 Å². The van der Waals surface area contributed by atoms with E-state index in [-0.39, 0.29) is 24.7 Å². The number of benzene rings is 2. The molecule has 2 aromatic rings. The number of amides is 1. The van der Waals surface area contributed by atoms with Crippen LogP contribution in [0.4, 0.5) is 4.39 Å². The second-order valence-corrected chi connectivity index (χ2v) is 8.44. The zero-order valence-corrected chi connectivity index (χ0v) is 15.9. The zero-order valence-electron chi connectivity index (χ0n) is 15.2. The van der Waals surface area contributed by atoms with Gasteiger partial charge in [0.1, 0.15) is 6.17 Å². The second kappa shape index (κ2) is 6.05. The van der Waals surface area contributed by atoms with Gasteiger partial charge in [0, 0.05) is 23.6 Å². The minimum Gasteiger partial charge on any atom is -0.449 e. The summed E-state index contributed by atoms with van der Waals surface area (Å²) in [6.45, 7) is 0.785. The van der Waals surface area contributed by atoms with Crippen LogP contribution in [-0.2, 0) is 20.5 Å². The lowest BCUT2D eigenvalue weighted by Crippen LogP contribution is -2.55. The van der Waals surface area contributed by atoms with Gasteiger partial charge < -0.3 is 9.64 Å². The Bertz CT molecular complexity index is 970. The number of carbonyl (C=O) groups is 2. The Kier molecular flexibility index (Phi) is 3.82. The van der Waals surface area contributed by atoms with E-state index in [0.717, 1.165) is 11.1 Å². The predicted molar refractivity (Wildman–Crippen MR) is 102 cm³/mol. The molecule has 1 spiro atoms. The van der Waals surface area contributed by atoms with Gasteiger partial charge in [0.15, 0.2) is 5.60 Å². The standard InChI is InChI=1S/C22H19ClFNO3/c23-15-7-5-14(6-8-15)21(11-16(24)12-21)20(27)25-10-9-22(13-25)18-4-2-1-3-17(18)19(26)28-22/h1-8,16H,9-13H2/t16-,21+,22?. The van der Waals surface area contributed by atoms with Crippen LogP contribution in [0.1, 0.15) is 40.7 Å². The summed E-state index contributed by atoms with van der Waals surface area (Å²) in [5.41, 5.74) is 0.547. The van der Waals surface area contributed by atoms with E-state index in [1.807, 2.05) is 30.3 Å². The molecule has 2 fully saturated rings. The number of nitrogens with zero attached hydrogens (tertiary/aromatic N) is 1. The van der Waals surface area contributed by atoms with E-state index in [4.69, 9.17) is 16.3 Å². The number of rotatable bonds is 2. The van der Waals surface area contributed by atoms with Gasteiger partial charge in [0.05, 0.1) is 17.5 Å². The van der Waals surface area contributed by atoms with Gasteiger partial charge in [0.2, 0.25) is 5.91 Å². The van der Waals surface area contributed by atoms with Crippen LogP contribution in [-0.4, -0.2) is 36.0 Å². The monoisotopic (exact) mass is 399 g/mol. The van der Waals surface area contributed by atoms with Crippen molar-refractivity contribution in [2.24, 2.45) is 0 Å². The smallest absolute Gasteiger partial charge is 0.339 e. The highest BCUT2D eigenvalue weighted by molar-refractivity contribution is 6.30. The van der Waals surface area contributed by atoms with Gasteiger partial charge in [0.25, 0.3) is 0 Å². The van der Waals surface area contributed by atoms with Crippen molar-refractivity contribution in [3.8, 4) is 0 Å². The molecule has 1 amide bonds. The van der Waals surface area contributed by atoms with Gasteiger partial charge in [-0.25, -0.2) is 9.18 Å². The first-order chi connectivity index (χ1) is 13.4. The molecular weight excluding hydrogens is 381 g/mol. The van der Waals surface area contributed by atoms with Crippen molar-refractivity contribution in [2.75, 3.05) is 13.1 Å². The fraction of sp³-hybridized carbons (Fsp3) is 0.364. The molecule has 5 rings (SSSR count). The lowest BCUT2D eigenvalue weighted by atomic mass is 9.62. The zero-order chi connectivity index (χ0) is 19.5. The van der Waals surface area contributed by atoms with Crippen molar-refractivity contribution in [2.45, 2.75) is 36.5 Å². The van der Waals surface area contributed by atoms with Crippen molar-refractivity contribution in [3.05, 3.63) is 70.2 Å². The topological polar surface area (TPSA) is 46.6 Å². The molecule has 0 radical (unpaired) electrons. The first kappa shape index (κ1) is 17.7. The Hall–Kier alpha value is -2.40.